The molecule has 0 radical (unpaired) electrons. The van der Waals surface area contributed by atoms with Crippen LogP contribution in [0.4, 0.5) is 10.1 Å². The molecule has 4 nitrogen and oxygen atoms in total. The highest BCUT2D eigenvalue weighted by atomic mass is 35.5. The molecule has 0 saturated carbocycles. The summed E-state index contributed by atoms with van der Waals surface area (Å²) in [7, 11) is 0. The van der Waals surface area contributed by atoms with Gasteiger partial charge in [-0.2, -0.15) is 0 Å². The highest BCUT2D eigenvalue weighted by Gasteiger charge is 2.13. The van der Waals surface area contributed by atoms with Crippen molar-refractivity contribution in [3.8, 4) is 0 Å². The van der Waals surface area contributed by atoms with E-state index in [4.69, 9.17) is 11.6 Å². The number of anilines is 1. The molecule has 1 amide bonds. The average molecular weight is 269 g/mol. The van der Waals surface area contributed by atoms with Gasteiger partial charge in [0.15, 0.2) is 0 Å². The molecule has 0 aliphatic rings. The Balaban J connectivity index is 2.44. The summed E-state index contributed by atoms with van der Waals surface area (Å²) in [6.45, 7) is 1.78. The number of amides is 1. The van der Waals surface area contributed by atoms with Crippen molar-refractivity contribution in [2.75, 3.05) is 5.32 Å². The van der Waals surface area contributed by atoms with Gasteiger partial charge < -0.3 is 10.3 Å². The Morgan fingerprint density at radius 2 is 2.17 bits per heavy atom. The number of carbonyl (C=O) groups excluding carboxylic acids is 1. The van der Waals surface area contributed by atoms with Crippen LogP contribution in [0, 0.1) is 6.92 Å². The minimum Gasteiger partial charge on any atom is -0.322 e. The molecule has 2 N–H and O–H groups in total. The number of H-pyrrole nitrogens is 1. The SMILES string of the molecule is Cc1cc(=O)[nH]c2ccc(NC(=O)C(F)Cl)cc12. The van der Waals surface area contributed by atoms with Crippen molar-refractivity contribution in [1.29, 1.82) is 0 Å². The molecule has 0 saturated heterocycles. The third-order valence-electron chi connectivity index (χ3n) is 2.52. The maximum absolute atomic E-state index is 12.5. The number of hydrogen-bond acceptors (Lipinski definition) is 2. The van der Waals surface area contributed by atoms with E-state index in [1.54, 1.807) is 25.1 Å². The molecule has 0 bridgehead atoms. The van der Waals surface area contributed by atoms with E-state index in [2.05, 4.69) is 10.3 Å². The molecule has 18 heavy (non-hydrogen) atoms. The van der Waals surface area contributed by atoms with Crippen molar-refractivity contribution in [1.82, 2.24) is 4.98 Å². The van der Waals surface area contributed by atoms with Crippen molar-refractivity contribution < 1.29 is 9.18 Å². The molecule has 1 aromatic heterocycles. The molecule has 94 valence electrons. The zero-order valence-electron chi connectivity index (χ0n) is 9.46. The molecule has 2 rings (SSSR count). The fourth-order valence-corrected chi connectivity index (χ4v) is 1.75. The summed E-state index contributed by atoms with van der Waals surface area (Å²) >= 11 is 5.02. The van der Waals surface area contributed by atoms with Crippen molar-refractivity contribution in [2.24, 2.45) is 0 Å². The van der Waals surface area contributed by atoms with Gasteiger partial charge in [-0.15, -0.1) is 0 Å². The minimum atomic E-state index is -2.09. The topological polar surface area (TPSA) is 62.0 Å². The minimum absolute atomic E-state index is 0.193. The summed E-state index contributed by atoms with van der Waals surface area (Å²) in [5.74, 6) is -0.918. The number of aromatic amines is 1. The van der Waals surface area contributed by atoms with Gasteiger partial charge in [-0.05, 0) is 30.7 Å². The predicted octanol–water partition coefficient (Wildman–Crippen LogP) is 2.31. The summed E-state index contributed by atoms with van der Waals surface area (Å²) in [6.07, 6.45) is 0. The van der Waals surface area contributed by atoms with E-state index in [0.717, 1.165) is 10.9 Å². The fourth-order valence-electron chi connectivity index (χ4n) is 1.70. The van der Waals surface area contributed by atoms with Gasteiger partial charge in [-0.3, -0.25) is 9.59 Å². The van der Waals surface area contributed by atoms with Crippen LogP contribution in [0.2, 0.25) is 0 Å². The van der Waals surface area contributed by atoms with Crippen molar-refractivity contribution in [3.63, 3.8) is 0 Å². The summed E-state index contributed by atoms with van der Waals surface area (Å²) in [5.41, 5.74) is -0.433. The normalized spacial score (nSPS) is 12.4. The number of carbonyl (C=O) groups is 1. The molecule has 1 aromatic carbocycles. The second kappa shape index (κ2) is 4.78. The maximum atomic E-state index is 12.5. The lowest BCUT2D eigenvalue weighted by Crippen LogP contribution is -2.19. The van der Waals surface area contributed by atoms with E-state index >= 15 is 0 Å². The van der Waals surface area contributed by atoms with Crippen molar-refractivity contribution >= 4 is 34.1 Å². The fraction of sp³-hybridized carbons (Fsp3) is 0.167. The van der Waals surface area contributed by atoms with Crippen LogP contribution < -0.4 is 10.9 Å². The van der Waals surface area contributed by atoms with Gasteiger partial charge >= 0.3 is 0 Å². The Bertz CT molecular complexity index is 667. The first-order chi connectivity index (χ1) is 8.47. The maximum Gasteiger partial charge on any atom is 0.274 e. The number of benzene rings is 1. The molecule has 0 aliphatic carbocycles. The van der Waals surface area contributed by atoms with E-state index in [0.29, 0.717) is 11.2 Å². The van der Waals surface area contributed by atoms with E-state index in [1.807, 2.05) is 0 Å². The molecule has 0 spiro atoms. The van der Waals surface area contributed by atoms with Gasteiger partial charge in [-0.25, -0.2) is 4.39 Å². The van der Waals surface area contributed by atoms with Crippen LogP contribution in [-0.2, 0) is 4.79 Å². The number of aryl methyl sites for hydroxylation is 1. The Kier molecular flexibility index (Phi) is 3.34. The van der Waals surface area contributed by atoms with Crippen LogP contribution in [-0.4, -0.2) is 16.5 Å². The van der Waals surface area contributed by atoms with Crippen molar-refractivity contribution in [2.45, 2.75) is 12.6 Å². The Hall–Kier alpha value is -1.88. The van der Waals surface area contributed by atoms with Gasteiger partial charge in [0.05, 0.1) is 0 Å². The van der Waals surface area contributed by atoms with Crippen molar-refractivity contribution in [3.05, 3.63) is 40.2 Å². The first-order valence-corrected chi connectivity index (χ1v) is 5.64. The number of fused-ring (bicyclic) bond motifs is 1. The summed E-state index contributed by atoms with van der Waals surface area (Å²) in [4.78, 5) is 25.0. The average Bonchev–Trinajstić information content (AvgIpc) is 2.29. The van der Waals surface area contributed by atoms with Gasteiger partial charge in [0.2, 0.25) is 5.56 Å². The largest absolute Gasteiger partial charge is 0.322 e. The number of hydrogen-bond donors (Lipinski definition) is 2. The zero-order chi connectivity index (χ0) is 13.3. The second-order valence-corrected chi connectivity index (χ2v) is 4.25. The van der Waals surface area contributed by atoms with E-state index in [1.165, 1.54) is 6.07 Å². The van der Waals surface area contributed by atoms with Crippen LogP contribution in [0.5, 0.6) is 0 Å². The molecule has 1 unspecified atom stereocenters. The lowest BCUT2D eigenvalue weighted by Gasteiger charge is -2.07. The van der Waals surface area contributed by atoms with Crippen LogP contribution in [0.1, 0.15) is 5.56 Å². The van der Waals surface area contributed by atoms with Gasteiger partial charge in [0.25, 0.3) is 11.5 Å². The first-order valence-electron chi connectivity index (χ1n) is 5.20. The molecule has 0 aliphatic heterocycles. The van der Waals surface area contributed by atoms with Gasteiger partial charge in [-0.1, -0.05) is 11.6 Å². The number of halogens is 2. The molecule has 6 heteroatoms. The van der Waals surface area contributed by atoms with Gasteiger partial charge in [0, 0.05) is 22.7 Å². The standard InChI is InChI=1S/C12H10ClFN2O2/c1-6-4-10(17)16-9-3-2-7(5-8(6)9)15-12(18)11(13)14/h2-5,11H,1H3,(H,15,18)(H,16,17). The number of pyridine rings is 1. The van der Waals surface area contributed by atoms with E-state index in [-0.39, 0.29) is 5.56 Å². The predicted molar refractivity (Wildman–Crippen MR) is 68.7 cm³/mol. The molecule has 2 aromatic rings. The van der Waals surface area contributed by atoms with Crippen LogP contribution in [0.3, 0.4) is 0 Å². The third kappa shape index (κ3) is 2.51. The highest BCUT2D eigenvalue weighted by molar-refractivity contribution is 6.31. The second-order valence-electron chi connectivity index (χ2n) is 3.87. The number of aromatic nitrogens is 1. The zero-order valence-corrected chi connectivity index (χ0v) is 10.2. The van der Waals surface area contributed by atoms with Gasteiger partial charge in [0.1, 0.15) is 0 Å². The summed E-state index contributed by atoms with van der Waals surface area (Å²) in [6, 6.07) is 6.31. The number of rotatable bonds is 2. The molecule has 0 fully saturated rings. The molecular weight excluding hydrogens is 259 g/mol. The Labute approximate surface area is 107 Å². The summed E-state index contributed by atoms with van der Waals surface area (Å²) in [5, 5.41) is 3.11. The monoisotopic (exact) mass is 268 g/mol. The number of nitrogens with one attached hydrogen (secondary N) is 2. The van der Waals surface area contributed by atoms with Crippen LogP contribution in [0.15, 0.2) is 29.1 Å². The quantitative estimate of drug-likeness (QED) is 0.821. The molecule has 1 atom stereocenters. The lowest BCUT2D eigenvalue weighted by molar-refractivity contribution is -0.118. The van der Waals surface area contributed by atoms with Crippen LogP contribution >= 0.6 is 11.6 Å². The Morgan fingerprint density at radius 1 is 1.44 bits per heavy atom. The smallest absolute Gasteiger partial charge is 0.274 e. The highest BCUT2D eigenvalue weighted by Crippen LogP contribution is 2.20. The lowest BCUT2D eigenvalue weighted by atomic mass is 10.1. The Morgan fingerprint density at radius 3 is 2.83 bits per heavy atom. The first kappa shape index (κ1) is 12.6. The van der Waals surface area contributed by atoms with E-state index < -0.39 is 11.5 Å². The number of alkyl halides is 2. The molecule has 1 heterocycles. The third-order valence-corrected chi connectivity index (χ3v) is 2.71. The van der Waals surface area contributed by atoms with Crippen LogP contribution in [0.25, 0.3) is 10.9 Å². The van der Waals surface area contributed by atoms with E-state index in [9.17, 15) is 14.0 Å². The molecular formula is C12H10ClFN2O2. The summed E-state index contributed by atoms with van der Waals surface area (Å²) < 4.78 is 12.5.